The highest BCUT2D eigenvalue weighted by Gasteiger charge is 2.13. The molecule has 1 rings (SSSR count). The van der Waals surface area contributed by atoms with Gasteiger partial charge in [0.25, 0.3) is 5.91 Å². The lowest BCUT2D eigenvalue weighted by Crippen LogP contribution is -2.31. The number of carboxylic acid groups (broad SMARTS) is 1. The van der Waals surface area contributed by atoms with E-state index in [2.05, 4.69) is 21.2 Å². The van der Waals surface area contributed by atoms with Crippen molar-refractivity contribution in [2.24, 2.45) is 5.92 Å². The molecular formula is C12H14BrNO3. The van der Waals surface area contributed by atoms with Crippen molar-refractivity contribution in [1.82, 2.24) is 5.32 Å². The number of carboxylic acids is 1. The van der Waals surface area contributed by atoms with Crippen LogP contribution in [0, 0.1) is 12.8 Å². The highest BCUT2D eigenvalue weighted by molar-refractivity contribution is 9.10. The van der Waals surface area contributed by atoms with Gasteiger partial charge < -0.3 is 10.4 Å². The molecule has 17 heavy (non-hydrogen) atoms. The molecule has 0 aromatic heterocycles. The molecular weight excluding hydrogens is 286 g/mol. The number of aliphatic carboxylic acids is 1. The Labute approximate surface area is 108 Å². The second-order valence-corrected chi connectivity index (χ2v) is 4.77. The third-order valence-electron chi connectivity index (χ3n) is 2.42. The molecule has 0 aliphatic carbocycles. The Morgan fingerprint density at radius 2 is 2.12 bits per heavy atom. The highest BCUT2D eigenvalue weighted by atomic mass is 79.9. The fraction of sp³-hybridized carbons (Fsp3) is 0.333. The monoisotopic (exact) mass is 299 g/mol. The Balaban J connectivity index is 2.64. The molecule has 1 aromatic rings. The average molecular weight is 300 g/mol. The molecule has 1 atom stereocenters. The zero-order chi connectivity index (χ0) is 13.0. The maximum Gasteiger partial charge on any atom is 0.308 e. The van der Waals surface area contributed by atoms with Gasteiger partial charge >= 0.3 is 5.97 Å². The third-order valence-corrected chi connectivity index (χ3v) is 3.28. The van der Waals surface area contributed by atoms with E-state index in [4.69, 9.17) is 5.11 Å². The predicted molar refractivity (Wildman–Crippen MR) is 68.0 cm³/mol. The zero-order valence-corrected chi connectivity index (χ0v) is 11.2. The van der Waals surface area contributed by atoms with Crippen molar-refractivity contribution in [2.45, 2.75) is 13.8 Å². The number of rotatable bonds is 4. The van der Waals surface area contributed by atoms with Gasteiger partial charge in [-0.3, -0.25) is 9.59 Å². The fourth-order valence-corrected chi connectivity index (χ4v) is 1.55. The van der Waals surface area contributed by atoms with Crippen LogP contribution in [0.25, 0.3) is 0 Å². The molecule has 5 heteroatoms. The summed E-state index contributed by atoms with van der Waals surface area (Å²) in [5.74, 6) is -1.78. The second-order valence-electron chi connectivity index (χ2n) is 3.91. The summed E-state index contributed by atoms with van der Waals surface area (Å²) in [7, 11) is 0. The summed E-state index contributed by atoms with van der Waals surface area (Å²) < 4.78 is 0.858. The molecule has 0 spiro atoms. The second kappa shape index (κ2) is 5.82. The predicted octanol–water partition coefficient (Wildman–Crippen LogP) is 2.21. The number of hydrogen-bond donors (Lipinski definition) is 2. The van der Waals surface area contributed by atoms with Crippen molar-refractivity contribution >= 4 is 27.8 Å². The minimum atomic E-state index is -0.921. The number of aryl methyl sites for hydroxylation is 1. The summed E-state index contributed by atoms with van der Waals surface area (Å²) in [5, 5.41) is 11.3. The lowest BCUT2D eigenvalue weighted by Gasteiger charge is -2.09. The molecule has 4 nitrogen and oxygen atoms in total. The first-order valence-corrected chi connectivity index (χ1v) is 5.98. The topological polar surface area (TPSA) is 66.4 Å². The van der Waals surface area contributed by atoms with Crippen LogP contribution in [0.5, 0.6) is 0 Å². The van der Waals surface area contributed by atoms with Crippen molar-refractivity contribution in [3.63, 3.8) is 0 Å². The fourth-order valence-electron chi connectivity index (χ4n) is 1.17. The quantitative estimate of drug-likeness (QED) is 0.896. The summed E-state index contributed by atoms with van der Waals surface area (Å²) in [5.41, 5.74) is 1.56. The van der Waals surface area contributed by atoms with Gasteiger partial charge in [-0.05, 0) is 24.6 Å². The van der Waals surface area contributed by atoms with Gasteiger partial charge in [0.15, 0.2) is 0 Å². The van der Waals surface area contributed by atoms with E-state index in [0.717, 1.165) is 10.0 Å². The van der Waals surface area contributed by atoms with Crippen LogP contribution in [-0.2, 0) is 4.79 Å². The molecule has 1 unspecified atom stereocenters. The van der Waals surface area contributed by atoms with Crippen LogP contribution >= 0.6 is 15.9 Å². The number of nitrogens with one attached hydrogen (secondary N) is 1. The van der Waals surface area contributed by atoms with Crippen molar-refractivity contribution in [1.29, 1.82) is 0 Å². The van der Waals surface area contributed by atoms with E-state index >= 15 is 0 Å². The maximum absolute atomic E-state index is 11.7. The average Bonchev–Trinajstić information content (AvgIpc) is 2.28. The molecule has 2 N–H and O–H groups in total. The number of halogens is 1. The summed E-state index contributed by atoms with van der Waals surface area (Å²) in [6.07, 6.45) is 0. The number of carbonyl (C=O) groups is 2. The molecule has 0 aliphatic rings. The zero-order valence-electron chi connectivity index (χ0n) is 9.66. The molecule has 0 radical (unpaired) electrons. The van der Waals surface area contributed by atoms with Gasteiger partial charge in [-0.2, -0.15) is 0 Å². The molecule has 92 valence electrons. The lowest BCUT2D eigenvalue weighted by atomic mass is 10.1. The Kier molecular flexibility index (Phi) is 4.69. The van der Waals surface area contributed by atoms with E-state index < -0.39 is 11.9 Å². The molecule has 0 saturated carbocycles. The van der Waals surface area contributed by atoms with Gasteiger partial charge in [0.2, 0.25) is 0 Å². The Bertz CT molecular complexity index is 445. The SMILES string of the molecule is Cc1ccc(C(=O)NCC(C)C(=O)O)cc1Br. The molecule has 0 heterocycles. The van der Waals surface area contributed by atoms with Crippen LogP contribution in [0.4, 0.5) is 0 Å². The van der Waals surface area contributed by atoms with Crippen LogP contribution in [-0.4, -0.2) is 23.5 Å². The Hall–Kier alpha value is -1.36. The van der Waals surface area contributed by atoms with E-state index in [1.807, 2.05) is 13.0 Å². The van der Waals surface area contributed by atoms with E-state index in [1.54, 1.807) is 19.1 Å². The maximum atomic E-state index is 11.7. The first kappa shape index (κ1) is 13.7. The minimum absolute atomic E-state index is 0.125. The van der Waals surface area contributed by atoms with Crippen molar-refractivity contribution < 1.29 is 14.7 Å². The number of benzene rings is 1. The third kappa shape index (κ3) is 3.85. The Morgan fingerprint density at radius 1 is 1.47 bits per heavy atom. The number of amides is 1. The first-order chi connectivity index (χ1) is 7.91. The number of carbonyl (C=O) groups excluding carboxylic acids is 1. The van der Waals surface area contributed by atoms with Gasteiger partial charge in [0.1, 0.15) is 0 Å². The normalized spacial score (nSPS) is 11.9. The van der Waals surface area contributed by atoms with Gasteiger partial charge in [-0.25, -0.2) is 0 Å². The lowest BCUT2D eigenvalue weighted by molar-refractivity contribution is -0.140. The van der Waals surface area contributed by atoms with Crippen LogP contribution in [0.2, 0.25) is 0 Å². The number of hydrogen-bond acceptors (Lipinski definition) is 2. The summed E-state index contributed by atoms with van der Waals surface area (Å²) in [6, 6.07) is 5.26. The summed E-state index contributed by atoms with van der Waals surface area (Å²) in [6.45, 7) is 3.60. The van der Waals surface area contributed by atoms with Crippen molar-refractivity contribution in [3.05, 3.63) is 33.8 Å². The largest absolute Gasteiger partial charge is 0.481 e. The van der Waals surface area contributed by atoms with E-state index in [0.29, 0.717) is 5.56 Å². The molecule has 1 aromatic carbocycles. The smallest absolute Gasteiger partial charge is 0.308 e. The Morgan fingerprint density at radius 3 is 2.65 bits per heavy atom. The molecule has 0 bridgehead atoms. The van der Waals surface area contributed by atoms with Crippen LogP contribution in [0.3, 0.4) is 0 Å². The van der Waals surface area contributed by atoms with E-state index in [9.17, 15) is 9.59 Å². The summed E-state index contributed by atoms with van der Waals surface area (Å²) >= 11 is 3.34. The van der Waals surface area contributed by atoms with Gasteiger partial charge in [-0.1, -0.05) is 28.9 Å². The standard InChI is InChI=1S/C12H14BrNO3/c1-7-3-4-9(5-10(7)13)11(15)14-6-8(2)12(16)17/h3-5,8H,6H2,1-2H3,(H,14,15)(H,16,17). The molecule has 0 saturated heterocycles. The van der Waals surface area contributed by atoms with Crippen LogP contribution < -0.4 is 5.32 Å². The van der Waals surface area contributed by atoms with Gasteiger partial charge in [0, 0.05) is 16.6 Å². The first-order valence-electron chi connectivity index (χ1n) is 5.19. The van der Waals surface area contributed by atoms with E-state index in [1.165, 1.54) is 0 Å². The van der Waals surface area contributed by atoms with Crippen LogP contribution in [0.15, 0.2) is 22.7 Å². The molecule has 0 aliphatic heterocycles. The van der Waals surface area contributed by atoms with Crippen molar-refractivity contribution in [3.8, 4) is 0 Å². The van der Waals surface area contributed by atoms with Crippen LogP contribution in [0.1, 0.15) is 22.8 Å². The highest BCUT2D eigenvalue weighted by Crippen LogP contribution is 2.17. The van der Waals surface area contributed by atoms with Crippen molar-refractivity contribution in [2.75, 3.05) is 6.54 Å². The van der Waals surface area contributed by atoms with Gasteiger partial charge in [-0.15, -0.1) is 0 Å². The minimum Gasteiger partial charge on any atom is -0.481 e. The molecule has 1 amide bonds. The molecule has 0 fully saturated rings. The van der Waals surface area contributed by atoms with Gasteiger partial charge in [0.05, 0.1) is 5.92 Å². The summed E-state index contributed by atoms with van der Waals surface area (Å²) in [4.78, 5) is 22.3. The van der Waals surface area contributed by atoms with E-state index in [-0.39, 0.29) is 12.5 Å².